The van der Waals surface area contributed by atoms with Gasteiger partial charge in [-0.05, 0) is 20.8 Å². The van der Waals surface area contributed by atoms with Crippen molar-refractivity contribution in [2.24, 2.45) is 0 Å². The van der Waals surface area contributed by atoms with Gasteiger partial charge in [-0.15, -0.1) is 0 Å². The monoisotopic (exact) mass is 198 g/mol. The average molecular weight is 198 g/mol. The zero-order valence-electron chi connectivity index (χ0n) is 9.04. The molecule has 0 radical (unpaired) electrons. The Hall–Kier alpha value is -0.900. The summed E-state index contributed by atoms with van der Waals surface area (Å²) in [5.74, 6) is 0.0536. The third kappa shape index (κ3) is 2.54. The molecular weight excluding hydrogens is 180 g/mol. The molecular formula is C10H18N2O2. The maximum Gasteiger partial charge on any atom is 0.237 e. The minimum Gasteiger partial charge on any atom is -0.353 e. The summed E-state index contributed by atoms with van der Waals surface area (Å²) >= 11 is 0. The molecule has 80 valence electrons. The van der Waals surface area contributed by atoms with E-state index >= 15 is 0 Å². The van der Waals surface area contributed by atoms with E-state index in [1.165, 1.54) is 6.92 Å². The molecule has 1 aliphatic heterocycles. The molecule has 0 spiro atoms. The lowest BCUT2D eigenvalue weighted by molar-refractivity contribution is -0.133. The number of ketones is 1. The predicted molar refractivity (Wildman–Crippen MR) is 53.9 cm³/mol. The molecule has 1 saturated heterocycles. The average Bonchev–Trinajstić information content (AvgIpc) is 2.07. The molecule has 1 heterocycles. The van der Waals surface area contributed by atoms with Gasteiger partial charge in [-0.2, -0.15) is 0 Å². The van der Waals surface area contributed by atoms with Gasteiger partial charge in [0.05, 0.1) is 6.04 Å². The molecule has 1 amide bonds. The maximum absolute atomic E-state index is 11.5. The molecule has 1 aliphatic rings. The number of nitrogens with zero attached hydrogens (tertiary/aromatic N) is 1. The molecule has 0 saturated carbocycles. The normalized spacial score (nSPS) is 23.7. The van der Waals surface area contributed by atoms with Crippen molar-refractivity contribution in [2.45, 2.75) is 39.3 Å². The van der Waals surface area contributed by atoms with Crippen molar-refractivity contribution in [3.63, 3.8) is 0 Å². The molecule has 0 aromatic rings. The van der Waals surface area contributed by atoms with Crippen molar-refractivity contribution < 1.29 is 9.59 Å². The second-order valence-corrected chi connectivity index (χ2v) is 4.04. The molecule has 4 heteroatoms. The minimum atomic E-state index is -0.263. The standard InChI is InChI=1S/C10H18N2O2/c1-7(2)12-5-4-11-10(14)9(12)6-8(3)13/h7,9H,4-6H2,1-3H3,(H,11,14). The first-order valence-corrected chi connectivity index (χ1v) is 5.05. The molecule has 1 fully saturated rings. The summed E-state index contributed by atoms with van der Waals surface area (Å²) in [6.07, 6.45) is 0.323. The third-order valence-electron chi connectivity index (χ3n) is 2.52. The Bertz CT molecular complexity index is 238. The zero-order valence-corrected chi connectivity index (χ0v) is 9.04. The minimum absolute atomic E-state index is 0.0137. The molecule has 0 bridgehead atoms. The summed E-state index contributed by atoms with van der Waals surface area (Å²) in [5.41, 5.74) is 0. The smallest absolute Gasteiger partial charge is 0.237 e. The first-order chi connectivity index (χ1) is 6.52. The number of rotatable bonds is 3. The molecule has 0 aromatic carbocycles. The Kier molecular flexibility index (Phi) is 3.63. The van der Waals surface area contributed by atoms with Gasteiger partial charge in [-0.3, -0.25) is 14.5 Å². The van der Waals surface area contributed by atoms with Crippen molar-refractivity contribution in [1.29, 1.82) is 0 Å². The van der Waals surface area contributed by atoms with Gasteiger partial charge in [0.15, 0.2) is 0 Å². The van der Waals surface area contributed by atoms with Crippen LogP contribution in [0.15, 0.2) is 0 Å². The van der Waals surface area contributed by atoms with Crippen LogP contribution in [-0.2, 0) is 9.59 Å². The molecule has 4 nitrogen and oxygen atoms in total. The molecule has 0 aliphatic carbocycles. The second-order valence-electron chi connectivity index (χ2n) is 4.04. The van der Waals surface area contributed by atoms with Gasteiger partial charge in [0.1, 0.15) is 5.78 Å². The lowest BCUT2D eigenvalue weighted by Crippen LogP contribution is -2.57. The Morgan fingerprint density at radius 3 is 2.79 bits per heavy atom. The van der Waals surface area contributed by atoms with Crippen LogP contribution in [0.2, 0.25) is 0 Å². The van der Waals surface area contributed by atoms with Crippen LogP contribution in [0.3, 0.4) is 0 Å². The van der Waals surface area contributed by atoms with Crippen molar-refractivity contribution in [3.05, 3.63) is 0 Å². The second kappa shape index (κ2) is 4.55. The van der Waals surface area contributed by atoms with E-state index in [4.69, 9.17) is 0 Å². The van der Waals surface area contributed by atoms with E-state index in [0.717, 1.165) is 6.54 Å². The highest BCUT2D eigenvalue weighted by molar-refractivity contribution is 5.88. The SMILES string of the molecule is CC(=O)CC1C(=O)NCCN1C(C)C. The molecule has 1 N–H and O–H groups in total. The van der Waals surface area contributed by atoms with Crippen LogP contribution >= 0.6 is 0 Å². The van der Waals surface area contributed by atoms with Gasteiger partial charge in [-0.1, -0.05) is 0 Å². The topological polar surface area (TPSA) is 49.4 Å². The van der Waals surface area contributed by atoms with Crippen LogP contribution in [0, 0.1) is 0 Å². The van der Waals surface area contributed by atoms with E-state index in [0.29, 0.717) is 19.0 Å². The maximum atomic E-state index is 11.5. The summed E-state index contributed by atoms with van der Waals surface area (Å²) in [6, 6.07) is 0.0478. The van der Waals surface area contributed by atoms with Crippen molar-refractivity contribution >= 4 is 11.7 Å². The lowest BCUT2D eigenvalue weighted by Gasteiger charge is -2.37. The number of amides is 1. The van der Waals surface area contributed by atoms with Crippen LogP contribution in [0.1, 0.15) is 27.2 Å². The summed E-state index contributed by atoms with van der Waals surface area (Å²) in [7, 11) is 0. The third-order valence-corrected chi connectivity index (χ3v) is 2.52. The Balaban J connectivity index is 2.70. The van der Waals surface area contributed by atoms with Crippen LogP contribution < -0.4 is 5.32 Å². The van der Waals surface area contributed by atoms with E-state index in [1.807, 2.05) is 13.8 Å². The van der Waals surface area contributed by atoms with Crippen LogP contribution in [0.25, 0.3) is 0 Å². The van der Waals surface area contributed by atoms with E-state index in [9.17, 15) is 9.59 Å². The van der Waals surface area contributed by atoms with E-state index in [1.54, 1.807) is 0 Å². The highest BCUT2D eigenvalue weighted by Gasteiger charge is 2.31. The molecule has 14 heavy (non-hydrogen) atoms. The number of Topliss-reactive ketones (excluding diaryl/α,β-unsaturated/α-hetero) is 1. The van der Waals surface area contributed by atoms with Crippen molar-refractivity contribution in [1.82, 2.24) is 10.2 Å². The Morgan fingerprint density at radius 1 is 1.64 bits per heavy atom. The van der Waals surface area contributed by atoms with Gasteiger partial charge < -0.3 is 5.32 Å². The predicted octanol–water partition coefficient (Wildman–Crippen LogP) is 0.174. The fourth-order valence-corrected chi connectivity index (χ4v) is 1.83. The van der Waals surface area contributed by atoms with E-state index < -0.39 is 0 Å². The van der Waals surface area contributed by atoms with E-state index in [-0.39, 0.29) is 17.7 Å². The van der Waals surface area contributed by atoms with Crippen molar-refractivity contribution in [2.75, 3.05) is 13.1 Å². The van der Waals surface area contributed by atoms with E-state index in [2.05, 4.69) is 10.2 Å². The van der Waals surface area contributed by atoms with Gasteiger partial charge >= 0.3 is 0 Å². The van der Waals surface area contributed by atoms with Gasteiger partial charge in [0.2, 0.25) is 5.91 Å². The zero-order chi connectivity index (χ0) is 10.7. The van der Waals surface area contributed by atoms with Gasteiger partial charge in [-0.25, -0.2) is 0 Å². The first-order valence-electron chi connectivity index (χ1n) is 5.05. The summed E-state index contributed by atoms with van der Waals surface area (Å²) in [5, 5.41) is 2.79. The molecule has 0 aromatic heterocycles. The fraction of sp³-hybridized carbons (Fsp3) is 0.800. The highest BCUT2D eigenvalue weighted by atomic mass is 16.2. The number of hydrogen-bond donors (Lipinski definition) is 1. The Morgan fingerprint density at radius 2 is 2.29 bits per heavy atom. The fourth-order valence-electron chi connectivity index (χ4n) is 1.83. The van der Waals surface area contributed by atoms with Crippen LogP contribution in [0.5, 0.6) is 0 Å². The van der Waals surface area contributed by atoms with Crippen LogP contribution in [-0.4, -0.2) is 41.8 Å². The Labute approximate surface area is 84.7 Å². The summed E-state index contributed by atoms with van der Waals surface area (Å²) in [6.45, 7) is 7.14. The number of nitrogens with one attached hydrogen (secondary N) is 1. The van der Waals surface area contributed by atoms with Crippen molar-refractivity contribution in [3.8, 4) is 0 Å². The van der Waals surface area contributed by atoms with Gasteiger partial charge in [0.25, 0.3) is 0 Å². The number of carbonyl (C=O) groups excluding carboxylic acids is 2. The number of hydrogen-bond acceptors (Lipinski definition) is 3. The summed E-state index contributed by atoms with van der Waals surface area (Å²) < 4.78 is 0. The first kappa shape index (κ1) is 11.2. The van der Waals surface area contributed by atoms with Crippen LogP contribution in [0.4, 0.5) is 0 Å². The summed E-state index contributed by atoms with van der Waals surface area (Å²) in [4.78, 5) is 24.6. The number of carbonyl (C=O) groups is 2. The quantitative estimate of drug-likeness (QED) is 0.703. The largest absolute Gasteiger partial charge is 0.353 e. The molecule has 1 rings (SSSR count). The number of piperazine rings is 1. The highest BCUT2D eigenvalue weighted by Crippen LogP contribution is 2.12. The van der Waals surface area contributed by atoms with Gasteiger partial charge in [0, 0.05) is 25.6 Å². The lowest BCUT2D eigenvalue weighted by atomic mass is 10.0. The molecule has 1 atom stereocenters. The molecule has 1 unspecified atom stereocenters.